The zero-order valence-corrected chi connectivity index (χ0v) is 24.6. The standard InChI is InChI=1S/C48H30O/c1-2-13-32(14-3-1)38-25-12-26-44-48(38)43-28-27-35(30-45(43)49-44)47-41-22-8-6-20-39(41)46(40-21-7-9-23-42(40)47)34-18-10-17-33(29-34)37-24-11-16-31-15-4-5-19-36(31)37/h1-30H/i1D,2D,3D,4D,5D,6D,7D,8D,9D,10D,11D,12D,13D,14D,15D,16D,17D,18D,19D,20D,21D,22D,23D,24D,25D,26D,29D. The Balaban J connectivity index is 1.42. The quantitative estimate of drug-likeness (QED) is 0.173. The molecule has 1 nitrogen and oxygen atoms in total. The summed E-state index contributed by atoms with van der Waals surface area (Å²) in [6, 6.07) is -18.9. The molecule has 0 saturated carbocycles. The van der Waals surface area contributed by atoms with Gasteiger partial charge in [-0.25, -0.2) is 0 Å². The second-order valence-corrected chi connectivity index (χ2v) is 10.8. The van der Waals surface area contributed by atoms with Crippen LogP contribution < -0.4 is 0 Å². The molecule has 49 heavy (non-hydrogen) atoms. The van der Waals surface area contributed by atoms with E-state index in [2.05, 4.69) is 0 Å². The third-order valence-electron chi connectivity index (χ3n) is 8.15. The summed E-state index contributed by atoms with van der Waals surface area (Å²) in [7, 11) is 0. The molecule has 0 amide bonds. The van der Waals surface area contributed by atoms with Crippen molar-refractivity contribution in [2.45, 2.75) is 0 Å². The molecule has 0 saturated heterocycles. The van der Waals surface area contributed by atoms with E-state index in [9.17, 15) is 8.22 Å². The molecule has 0 bridgehead atoms. The molecule has 0 fully saturated rings. The Morgan fingerprint density at radius 1 is 0.367 bits per heavy atom. The molecule has 0 N–H and O–H groups in total. The largest absolute Gasteiger partial charge is 0.456 e. The first-order chi connectivity index (χ1) is 35.5. The maximum Gasteiger partial charge on any atom is 0.136 e. The highest BCUT2D eigenvalue weighted by molar-refractivity contribution is 6.22. The lowest BCUT2D eigenvalue weighted by atomic mass is 9.85. The van der Waals surface area contributed by atoms with Gasteiger partial charge in [0.1, 0.15) is 11.2 Å². The van der Waals surface area contributed by atoms with Crippen LogP contribution in [0.5, 0.6) is 0 Å². The van der Waals surface area contributed by atoms with Crippen LogP contribution in [-0.2, 0) is 0 Å². The molecule has 0 aliphatic heterocycles. The maximum absolute atomic E-state index is 9.86. The Morgan fingerprint density at radius 2 is 0.918 bits per heavy atom. The smallest absolute Gasteiger partial charge is 0.136 e. The lowest BCUT2D eigenvalue weighted by Crippen LogP contribution is -1.91. The lowest BCUT2D eigenvalue weighted by molar-refractivity contribution is 0.669. The van der Waals surface area contributed by atoms with E-state index in [0.29, 0.717) is 0 Å². The van der Waals surface area contributed by atoms with E-state index in [1.165, 1.54) is 18.2 Å². The van der Waals surface area contributed by atoms with Crippen LogP contribution in [0.4, 0.5) is 0 Å². The van der Waals surface area contributed by atoms with E-state index >= 15 is 0 Å². The van der Waals surface area contributed by atoms with Gasteiger partial charge in [-0.2, -0.15) is 0 Å². The molecule has 0 spiro atoms. The fourth-order valence-corrected chi connectivity index (χ4v) is 6.12. The minimum absolute atomic E-state index is 0.0423. The summed E-state index contributed by atoms with van der Waals surface area (Å²) in [5.74, 6) is 0. The summed E-state index contributed by atoms with van der Waals surface area (Å²) in [5.41, 5.74) is -4.77. The second kappa shape index (κ2) is 11.1. The van der Waals surface area contributed by atoms with Crippen molar-refractivity contribution in [3.05, 3.63) is 181 Å². The molecule has 1 aromatic heterocycles. The predicted molar refractivity (Wildman–Crippen MR) is 208 cm³/mol. The van der Waals surface area contributed by atoms with Crippen LogP contribution in [0.2, 0.25) is 0 Å². The topological polar surface area (TPSA) is 13.1 Å². The molecule has 1 heteroatoms. The maximum atomic E-state index is 9.86. The fraction of sp³-hybridized carbons (Fsp3) is 0. The van der Waals surface area contributed by atoms with E-state index in [0.717, 1.165) is 0 Å². The lowest BCUT2D eigenvalue weighted by Gasteiger charge is -2.18. The Bertz CT molecular complexity index is 4310. The Morgan fingerprint density at radius 3 is 1.67 bits per heavy atom. The summed E-state index contributed by atoms with van der Waals surface area (Å²) in [5, 5.41) is -3.45. The molecule has 9 aromatic carbocycles. The summed E-state index contributed by atoms with van der Waals surface area (Å²) >= 11 is 0. The van der Waals surface area contributed by atoms with Gasteiger partial charge in [-0.3, -0.25) is 0 Å². The fourth-order valence-electron chi connectivity index (χ4n) is 6.12. The monoisotopic (exact) mass is 649 g/mol. The van der Waals surface area contributed by atoms with Gasteiger partial charge in [0, 0.05) is 10.8 Å². The Kier molecular flexibility index (Phi) is 2.69. The van der Waals surface area contributed by atoms with Crippen molar-refractivity contribution < 1.29 is 41.4 Å². The molecule has 0 aliphatic carbocycles. The van der Waals surface area contributed by atoms with Crippen LogP contribution in [0, 0.1) is 0 Å². The van der Waals surface area contributed by atoms with Crippen LogP contribution in [-0.4, -0.2) is 0 Å². The number of hydrogen-bond donors (Lipinski definition) is 0. The highest BCUT2D eigenvalue weighted by Gasteiger charge is 2.19. The molecule has 0 unspecified atom stereocenters. The molecule has 228 valence electrons. The first kappa shape index (κ1) is 11.9. The second-order valence-electron chi connectivity index (χ2n) is 10.8. The van der Waals surface area contributed by atoms with Gasteiger partial charge >= 0.3 is 0 Å². The summed E-state index contributed by atoms with van der Waals surface area (Å²) < 4.78 is 247. The van der Waals surface area contributed by atoms with Crippen molar-refractivity contribution in [2.24, 2.45) is 0 Å². The van der Waals surface area contributed by atoms with Gasteiger partial charge in [0.05, 0.1) is 37.0 Å². The van der Waals surface area contributed by atoms with Crippen LogP contribution in [0.1, 0.15) is 37.0 Å². The number of hydrogen-bond acceptors (Lipinski definition) is 1. The average molecular weight is 650 g/mol. The van der Waals surface area contributed by atoms with Gasteiger partial charge in [-0.1, -0.05) is 157 Å². The third-order valence-corrected chi connectivity index (χ3v) is 8.15. The van der Waals surface area contributed by atoms with Crippen molar-refractivity contribution in [3.63, 3.8) is 0 Å². The molecule has 1 heterocycles. The average Bonchev–Trinajstić information content (AvgIpc) is 3.82. The minimum Gasteiger partial charge on any atom is -0.456 e. The molecule has 0 aliphatic rings. The van der Waals surface area contributed by atoms with Gasteiger partial charge in [0.25, 0.3) is 0 Å². The molecular weight excluding hydrogens is 593 g/mol. The van der Waals surface area contributed by atoms with E-state index < -0.39 is 223 Å². The molecule has 0 radical (unpaired) electrons. The predicted octanol–water partition coefficient (Wildman–Crippen LogP) is 13.7. The van der Waals surface area contributed by atoms with Gasteiger partial charge in [-0.15, -0.1) is 0 Å². The van der Waals surface area contributed by atoms with Gasteiger partial charge in [-0.05, 0) is 101 Å². The van der Waals surface area contributed by atoms with E-state index in [1.807, 2.05) is 0 Å². The highest BCUT2D eigenvalue weighted by Crippen LogP contribution is 2.46. The van der Waals surface area contributed by atoms with Crippen LogP contribution >= 0.6 is 0 Å². The van der Waals surface area contributed by atoms with Crippen molar-refractivity contribution in [2.75, 3.05) is 0 Å². The zero-order chi connectivity index (χ0) is 55.8. The van der Waals surface area contributed by atoms with Crippen LogP contribution in [0.3, 0.4) is 0 Å². The Hall–Kier alpha value is -6.44. The first-order valence-electron chi connectivity index (χ1n) is 28.1. The molecule has 10 rings (SSSR count). The van der Waals surface area contributed by atoms with Crippen LogP contribution in [0.15, 0.2) is 186 Å². The van der Waals surface area contributed by atoms with Crippen molar-refractivity contribution in [1.82, 2.24) is 0 Å². The molecular formula is C48H30O. The number of fused-ring (bicyclic) bond motifs is 6. The van der Waals surface area contributed by atoms with Crippen molar-refractivity contribution >= 4 is 54.3 Å². The summed E-state index contributed by atoms with van der Waals surface area (Å²) in [6.45, 7) is 0. The summed E-state index contributed by atoms with van der Waals surface area (Å²) in [6.07, 6.45) is 0. The van der Waals surface area contributed by atoms with Gasteiger partial charge in [0.15, 0.2) is 0 Å². The van der Waals surface area contributed by atoms with Gasteiger partial charge in [0.2, 0.25) is 0 Å². The third kappa shape index (κ3) is 4.40. The highest BCUT2D eigenvalue weighted by atomic mass is 16.3. The van der Waals surface area contributed by atoms with Crippen molar-refractivity contribution in [1.29, 1.82) is 0 Å². The van der Waals surface area contributed by atoms with E-state index in [1.54, 1.807) is 0 Å². The minimum atomic E-state index is -1.03. The Labute approximate surface area is 322 Å². The van der Waals surface area contributed by atoms with E-state index in [-0.39, 0.29) is 38.6 Å². The number of benzene rings is 9. The number of rotatable bonds is 4. The van der Waals surface area contributed by atoms with Crippen LogP contribution in [0.25, 0.3) is 98.8 Å². The number of furan rings is 1. The van der Waals surface area contributed by atoms with E-state index in [4.69, 9.17) is 33.2 Å². The normalized spacial score (nSPS) is 19.4. The van der Waals surface area contributed by atoms with Gasteiger partial charge < -0.3 is 4.42 Å². The zero-order valence-electron chi connectivity index (χ0n) is 51.6. The summed E-state index contributed by atoms with van der Waals surface area (Å²) in [4.78, 5) is 0. The first-order valence-corrected chi connectivity index (χ1v) is 14.6. The van der Waals surface area contributed by atoms with Crippen molar-refractivity contribution in [3.8, 4) is 44.5 Å². The molecule has 0 atom stereocenters. The SMILES string of the molecule is [2H]c1c([2H])c([2H])c(-c2c([2H])c([2H])c([2H])c3oc4cc(-c5c6c([2H])c([2H])c([2H])c([2H])c6c(-c6c([2H])c([2H])c([2H])c(-c7c([2H])c([2H])c([2H])c8c([2H])c([2H])c([2H])c([2H])c78)c6[2H])c6c([2H])c([2H])c([2H])c([2H])c56)ccc4c23)c([2H])c1[2H]. The molecule has 10 aromatic rings.